The molecule has 6 nitrogen and oxygen atoms in total. The number of likely N-dealkylation sites (tertiary alicyclic amines) is 1. The summed E-state index contributed by atoms with van der Waals surface area (Å²) in [7, 11) is 0. The summed E-state index contributed by atoms with van der Waals surface area (Å²) in [5.41, 5.74) is 1.13. The van der Waals surface area contributed by atoms with Gasteiger partial charge >= 0.3 is 5.97 Å². The van der Waals surface area contributed by atoms with Gasteiger partial charge in [0.1, 0.15) is 12.4 Å². The van der Waals surface area contributed by atoms with Gasteiger partial charge in [-0.15, -0.1) is 0 Å². The molecule has 23 heavy (non-hydrogen) atoms. The SMILES string of the molecule is Cc1cccc(OCCNC(=O)CN2CCCC(C(=O)O)C2)c1. The molecular formula is C17H24N2O4. The monoisotopic (exact) mass is 320 g/mol. The Balaban J connectivity index is 1.64. The van der Waals surface area contributed by atoms with Crippen LogP contribution >= 0.6 is 0 Å². The predicted octanol–water partition coefficient (Wildman–Crippen LogP) is 1.29. The first kappa shape index (κ1) is 17.3. The molecule has 0 aromatic heterocycles. The van der Waals surface area contributed by atoms with Crippen LogP contribution in [0.1, 0.15) is 18.4 Å². The highest BCUT2D eigenvalue weighted by Crippen LogP contribution is 2.16. The summed E-state index contributed by atoms with van der Waals surface area (Å²) in [6.07, 6.45) is 1.51. The van der Waals surface area contributed by atoms with Crippen LogP contribution < -0.4 is 10.1 Å². The molecule has 0 spiro atoms. The topological polar surface area (TPSA) is 78.9 Å². The van der Waals surface area contributed by atoms with E-state index in [2.05, 4.69) is 5.32 Å². The smallest absolute Gasteiger partial charge is 0.307 e. The molecule has 1 aromatic rings. The lowest BCUT2D eigenvalue weighted by atomic mass is 9.98. The maximum absolute atomic E-state index is 11.9. The first-order chi connectivity index (χ1) is 11.0. The lowest BCUT2D eigenvalue weighted by Crippen LogP contribution is -2.44. The predicted molar refractivity (Wildman–Crippen MR) is 86.5 cm³/mol. The molecule has 1 saturated heterocycles. The molecule has 1 heterocycles. The van der Waals surface area contributed by atoms with Crippen molar-refractivity contribution in [2.24, 2.45) is 5.92 Å². The van der Waals surface area contributed by atoms with Crippen molar-refractivity contribution in [3.8, 4) is 5.75 Å². The number of aliphatic carboxylic acids is 1. The zero-order valence-electron chi connectivity index (χ0n) is 13.5. The highest BCUT2D eigenvalue weighted by Gasteiger charge is 2.26. The Morgan fingerprint density at radius 3 is 3.00 bits per heavy atom. The third kappa shape index (κ3) is 5.90. The first-order valence-electron chi connectivity index (χ1n) is 7.96. The van der Waals surface area contributed by atoms with Gasteiger partial charge in [0.05, 0.1) is 19.0 Å². The second-order valence-corrected chi connectivity index (χ2v) is 5.93. The molecule has 126 valence electrons. The van der Waals surface area contributed by atoms with Crippen LogP contribution in [0.5, 0.6) is 5.75 Å². The molecule has 1 atom stereocenters. The molecule has 1 unspecified atom stereocenters. The van der Waals surface area contributed by atoms with Crippen molar-refractivity contribution in [3.63, 3.8) is 0 Å². The third-order valence-electron chi connectivity index (χ3n) is 3.90. The molecular weight excluding hydrogens is 296 g/mol. The second kappa shape index (κ2) is 8.53. The largest absolute Gasteiger partial charge is 0.492 e. The van der Waals surface area contributed by atoms with Crippen LogP contribution in [0.15, 0.2) is 24.3 Å². The van der Waals surface area contributed by atoms with Crippen molar-refractivity contribution in [1.82, 2.24) is 10.2 Å². The van der Waals surface area contributed by atoms with Crippen LogP contribution in [-0.2, 0) is 9.59 Å². The zero-order chi connectivity index (χ0) is 16.7. The van der Waals surface area contributed by atoms with Crippen molar-refractivity contribution < 1.29 is 19.4 Å². The van der Waals surface area contributed by atoms with E-state index in [9.17, 15) is 9.59 Å². The van der Waals surface area contributed by atoms with Crippen molar-refractivity contribution in [1.29, 1.82) is 0 Å². The highest BCUT2D eigenvalue weighted by atomic mass is 16.5. The van der Waals surface area contributed by atoms with Crippen molar-refractivity contribution >= 4 is 11.9 Å². The Labute approximate surface area is 136 Å². The van der Waals surface area contributed by atoms with Crippen molar-refractivity contribution in [3.05, 3.63) is 29.8 Å². The van der Waals surface area contributed by atoms with Gasteiger partial charge in [0.2, 0.25) is 5.91 Å². The second-order valence-electron chi connectivity index (χ2n) is 5.93. The molecule has 6 heteroatoms. The van der Waals surface area contributed by atoms with E-state index in [1.807, 2.05) is 36.1 Å². The minimum atomic E-state index is -0.776. The summed E-state index contributed by atoms with van der Waals surface area (Å²) >= 11 is 0. The molecule has 1 amide bonds. The zero-order valence-corrected chi connectivity index (χ0v) is 13.5. The summed E-state index contributed by atoms with van der Waals surface area (Å²) in [5, 5.41) is 11.9. The van der Waals surface area contributed by atoms with Crippen LogP contribution in [0, 0.1) is 12.8 Å². The van der Waals surface area contributed by atoms with Crippen LogP contribution in [0.2, 0.25) is 0 Å². The number of hydrogen-bond donors (Lipinski definition) is 2. The van der Waals surface area contributed by atoms with E-state index in [0.29, 0.717) is 26.1 Å². The van der Waals surface area contributed by atoms with Gasteiger partial charge in [-0.05, 0) is 44.0 Å². The number of hydrogen-bond acceptors (Lipinski definition) is 4. The van der Waals surface area contributed by atoms with E-state index in [-0.39, 0.29) is 18.4 Å². The van der Waals surface area contributed by atoms with Gasteiger partial charge in [0.15, 0.2) is 0 Å². The number of carboxylic acid groups (broad SMARTS) is 1. The summed E-state index contributed by atoms with van der Waals surface area (Å²) in [5.74, 6) is -0.439. The molecule has 0 bridgehead atoms. The van der Waals surface area contributed by atoms with E-state index in [0.717, 1.165) is 24.3 Å². The Morgan fingerprint density at radius 2 is 2.26 bits per heavy atom. The maximum Gasteiger partial charge on any atom is 0.307 e. The van der Waals surface area contributed by atoms with Crippen molar-refractivity contribution in [2.75, 3.05) is 32.8 Å². The van der Waals surface area contributed by atoms with Gasteiger partial charge in [-0.25, -0.2) is 0 Å². The fraction of sp³-hybridized carbons (Fsp3) is 0.529. The standard InChI is InChI=1S/C17H24N2O4/c1-13-4-2-6-15(10-13)23-9-7-18-16(20)12-19-8-3-5-14(11-19)17(21)22/h2,4,6,10,14H,3,5,7-9,11-12H2,1H3,(H,18,20)(H,21,22). The van der Waals surface area contributed by atoms with E-state index >= 15 is 0 Å². The average Bonchev–Trinajstić information content (AvgIpc) is 2.52. The minimum absolute atomic E-state index is 0.0936. The Bertz CT molecular complexity index is 547. The van der Waals surface area contributed by atoms with Crippen LogP contribution in [0.25, 0.3) is 0 Å². The summed E-state index contributed by atoms with van der Waals surface area (Å²) in [6.45, 7) is 4.31. The number of carboxylic acids is 1. The van der Waals surface area contributed by atoms with E-state index < -0.39 is 5.97 Å². The number of rotatable bonds is 7. The number of aryl methyl sites for hydroxylation is 1. The van der Waals surface area contributed by atoms with Crippen LogP contribution in [0.4, 0.5) is 0 Å². The average molecular weight is 320 g/mol. The molecule has 1 aliphatic heterocycles. The Morgan fingerprint density at radius 1 is 1.43 bits per heavy atom. The summed E-state index contributed by atoms with van der Waals surface area (Å²) < 4.78 is 5.57. The molecule has 1 aliphatic rings. The number of ether oxygens (including phenoxy) is 1. The van der Waals surface area contributed by atoms with Crippen molar-refractivity contribution in [2.45, 2.75) is 19.8 Å². The van der Waals surface area contributed by atoms with E-state index in [1.165, 1.54) is 0 Å². The van der Waals surface area contributed by atoms with Gasteiger partial charge in [0.25, 0.3) is 0 Å². The normalized spacial score (nSPS) is 18.4. The number of benzene rings is 1. The molecule has 0 saturated carbocycles. The number of amides is 1. The van der Waals surface area contributed by atoms with Gasteiger partial charge in [-0.2, -0.15) is 0 Å². The molecule has 2 N–H and O–H groups in total. The van der Waals surface area contributed by atoms with Crippen LogP contribution in [-0.4, -0.2) is 54.7 Å². The fourth-order valence-corrected chi connectivity index (χ4v) is 2.72. The Hall–Kier alpha value is -2.08. The first-order valence-corrected chi connectivity index (χ1v) is 7.96. The number of nitrogens with zero attached hydrogens (tertiary/aromatic N) is 1. The van der Waals surface area contributed by atoms with E-state index in [1.54, 1.807) is 0 Å². The van der Waals surface area contributed by atoms with Gasteiger partial charge in [0, 0.05) is 6.54 Å². The number of carbonyl (C=O) groups excluding carboxylic acids is 1. The third-order valence-corrected chi connectivity index (χ3v) is 3.90. The molecule has 0 radical (unpaired) electrons. The maximum atomic E-state index is 11.9. The van der Waals surface area contributed by atoms with Gasteiger partial charge in [-0.3, -0.25) is 14.5 Å². The molecule has 1 fully saturated rings. The van der Waals surface area contributed by atoms with Gasteiger partial charge in [-0.1, -0.05) is 12.1 Å². The van der Waals surface area contributed by atoms with Gasteiger partial charge < -0.3 is 15.2 Å². The van der Waals surface area contributed by atoms with E-state index in [4.69, 9.17) is 9.84 Å². The molecule has 0 aliphatic carbocycles. The minimum Gasteiger partial charge on any atom is -0.492 e. The fourth-order valence-electron chi connectivity index (χ4n) is 2.72. The Kier molecular flexibility index (Phi) is 6.40. The quantitative estimate of drug-likeness (QED) is 0.740. The lowest BCUT2D eigenvalue weighted by Gasteiger charge is -2.29. The summed E-state index contributed by atoms with van der Waals surface area (Å²) in [4.78, 5) is 24.8. The lowest BCUT2D eigenvalue weighted by molar-refractivity contribution is -0.144. The highest BCUT2D eigenvalue weighted by molar-refractivity contribution is 5.78. The molecule has 2 rings (SSSR count). The molecule has 1 aromatic carbocycles. The number of piperidine rings is 1. The number of carbonyl (C=O) groups is 2. The summed E-state index contributed by atoms with van der Waals surface area (Å²) in [6, 6.07) is 7.76. The number of nitrogens with one attached hydrogen (secondary N) is 1. The van der Waals surface area contributed by atoms with Crippen LogP contribution in [0.3, 0.4) is 0 Å².